The van der Waals surface area contributed by atoms with Crippen molar-refractivity contribution >= 4 is 0 Å². The van der Waals surface area contributed by atoms with Crippen LogP contribution < -0.4 is 0 Å². The predicted octanol–water partition coefficient (Wildman–Crippen LogP) is 1.95. The minimum absolute atomic E-state index is 0.0987. The van der Waals surface area contributed by atoms with Crippen LogP contribution in [0.25, 0.3) is 0 Å². The first kappa shape index (κ1) is 11.9. The lowest BCUT2D eigenvalue weighted by molar-refractivity contribution is 0.0543. The zero-order valence-corrected chi connectivity index (χ0v) is 8.29. The van der Waals surface area contributed by atoms with Crippen LogP contribution in [0.3, 0.4) is 0 Å². The molecule has 0 aromatic carbocycles. The van der Waals surface area contributed by atoms with E-state index in [1.54, 1.807) is 0 Å². The summed E-state index contributed by atoms with van der Waals surface area (Å²) >= 11 is 0. The Kier molecular flexibility index (Phi) is 7.51. The van der Waals surface area contributed by atoms with Crippen LogP contribution in [0.5, 0.6) is 0 Å². The van der Waals surface area contributed by atoms with Crippen LogP contribution in [0.2, 0.25) is 0 Å². The van der Waals surface area contributed by atoms with Gasteiger partial charge < -0.3 is 10.2 Å². The van der Waals surface area contributed by atoms with Crippen LogP contribution in [0.4, 0.5) is 0 Å². The molecule has 0 fully saturated rings. The normalized spacial score (nSPS) is 16.0. The van der Waals surface area contributed by atoms with E-state index in [0.717, 1.165) is 32.1 Å². The fraction of sp³-hybridized carbons (Fsp3) is 1.00. The van der Waals surface area contributed by atoms with Gasteiger partial charge in [0.25, 0.3) is 0 Å². The summed E-state index contributed by atoms with van der Waals surface area (Å²) in [7, 11) is 0. The molecule has 0 spiro atoms. The first-order valence-electron chi connectivity index (χ1n) is 5.05. The molecule has 0 radical (unpaired) electrons. The average molecular weight is 174 g/mol. The molecule has 0 bridgehead atoms. The highest BCUT2D eigenvalue weighted by Gasteiger charge is 2.16. The van der Waals surface area contributed by atoms with Crippen LogP contribution in [-0.4, -0.2) is 22.9 Å². The molecule has 2 N–H and O–H groups in total. The Morgan fingerprint density at radius 3 is 2.17 bits per heavy atom. The smallest absolute Gasteiger partial charge is 0.0590 e. The second kappa shape index (κ2) is 7.56. The number of aliphatic hydroxyl groups is 2. The summed E-state index contributed by atoms with van der Waals surface area (Å²) < 4.78 is 0. The van der Waals surface area contributed by atoms with E-state index in [0.29, 0.717) is 0 Å². The van der Waals surface area contributed by atoms with Gasteiger partial charge in [-0.25, -0.2) is 0 Å². The predicted molar refractivity (Wildman–Crippen MR) is 51.0 cm³/mol. The quantitative estimate of drug-likeness (QED) is 0.619. The molecule has 12 heavy (non-hydrogen) atoms. The van der Waals surface area contributed by atoms with Crippen molar-refractivity contribution in [2.24, 2.45) is 5.92 Å². The van der Waals surface area contributed by atoms with Crippen molar-refractivity contribution in [1.29, 1.82) is 0 Å². The molecule has 0 rings (SSSR count). The van der Waals surface area contributed by atoms with Gasteiger partial charge in [-0.2, -0.15) is 0 Å². The van der Waals surface area contributed by atoms with Gasteiger partial charge >= 0.3 is 0 Å². The molecule has 0 aliphatic carbocycles. The monoisotopic (exact) mass is 174 g/mol. The molecule has 2 nitrogen and oxygen atoms in total. The highest BCUT2D eigenvalue weighted by Crippen LogP contribution is 2.15. The topological polar surface area (TPSA) is 40.5 Å². The summed E-state index contributed by atoms with van der Waals surface area (Å²) in [6.07, 6.45) is 4.68. The standard InChI is InChI=1S/C10H22O2/c1-3-5-7-10(12)9(8-11)6-4-2/h9-12H,3-8H2,1-2H3/t9-,10+/m0/s1. The van der Waals surface area contributed by atoms with Crippen molar-refractivity contribution in [2.75, 3.05) is 6.61 Å². The summed E-state index contributed by atoms with van der Waals surface area (Å²) in [5.41, 5.74) is 0. The highest BCUT2D eigenvalue weighted by atomic mass is 16.3. The van der Waals surface area contributed by atoms with E-state index < -0.39 is 0 Å². The third-order valence-corrected chi connectivity index (χ3v) is 2.29. The fourth-order valence-corrected chi connectivity index (χ4v) is 1.43. The SMILES string of the molecule is CCCC[C@@H](O)[C@H](CO)CCC. The third-order valence-electron chi connectivity index (χ3n) is 2.29. The third kappa shape index (κ3) is 4.73. The molecular formula is C10H22O2. The highest BCUT2D eigenvalue weighted by molar-refractivity contribution is 4.67. The molecule has 74 valence electrons. The van der Waals surface area contributed by atoms with Crippen LogP contribution in [0, 0.1) is 5.92 Å². The Bertz CT molecular complexity index is 93.8. The number of hydrogen-bond donors (Lipinski definition) is 2. The average Bonchev–Trinajstić information content (AvgIpc) is 2.10. The molecule has 0 heterocycles. The van der Waals surface area contributed by atoms with Gasteiger partial charge in [0.05, 0.1) is 6.10 Å². The largest absolute Gasteiger partial charge is 0.396 e. The van der Waals surface area contributed by atoms with Gasteiger partial charge in [0.1, 0.15) is 0 Å². The van der Waals surface area contributed by atoms with Crippen LogP contribution in [0.15, 0.2) is 0 Å². The molecule has 0 aliphatic rings. The Morgan fingerprint density at radius 2 is 1.75 bits per heavy atom. The maximum atomic E-state index is 9.61. The van der Waals surface area contributed by atoms with Gasteiger partial charge in [0.15, 0.2) is 0 Å². The van der Waals surface area contributed by atoms with Crippen LogP contribution in [0.1, 0.15) is 46.0 Å². The molecule has 2 heteroatoms. The van der Waals surface area contributed by atoms with Gasteiger partial charge in [-0.3, -0.25) is 0 Å². The minimum Gasteiger partial charge on any atom is -0.396 e. The molecule has 0 aliphatic heterocycles. The van der Waals surface area contributed by atoms with Gasteiger partial charge in [-0.1, -0.05) is 33.1 Å². The van der Waals surface area contributed by atoms with E-state index in [-0.39, 0.29) is 18.6 Å². The molecular weight excluding hydrogens is 152 g/mol. The van der Waals surface area contributed by atoms with Gasteiger partial charge in [0, 0.05) is 12.5 Å². The number of rotatable bonds is 7. The Balaban J connectivity index is 3.60. The fourth-order valence-electron chi connectivity index (χ4n) is 1.43. The number of aliphatic hydroxyl groups excluding tert-OH is 2. The van der Waals surface area contributed by atoms with Gasteiger partial charge in [-0.15, -0.1) is 0 Å². The van der Waals surface area contributed by atoms with Crippen molar-refractivity contribution in [2.45, 2.75) is 52.1 Å². The second-order valence-electron chi connectivity index (χ2n) is 3.44. The lowest BCUT2D eigenvalue weighted by Gasteiger charge is -2.19. The first-order chi connectivity index (χ1) is 5.76. The van der Waals surface area contributed by atoms with Gasteiger partial charge in [0.2, 0.25) is 0 Å². The summed E-state index contributed by atoms with van der Waals surface area (Å²) in [5, 5.41) is 18.6. The van der Waals surface area contributed by atoms with Gasteiger partial charge in [-0.05, 0) is 12.8 Å². The Morgan fingerprint density at radius 1 is 1.08 bits per heavy atom. The lowest BCUT2D eigenvalue weighted by Crippen LogP contribution is -2.23. The van der Waals surface area contributed by atoms with Crippen molar-refractivity contribution in [3.8, 4) is 0 Å². The minimum atomic E-state index is -0.296. The van der Waals surface area contributed by atoms with E-state index in [1.165, 1.54) is 0 Å². The number of unbranched alkanes of at least 4 members (excludes halogenated alkanes) is 1. The molecule has 0 saturated heterocycles. The van der Waals surface area contributed by atoms with Crippen LogP contribution in [-0.2, 0) is 0 Å². The van der Waals surface area contributed by atoms with Crippen LogP contribution >= 0.6 is 0 Å². The van der Waals surface area contributed by atoms with E-state index in [2.05, 4.69) is 13.8 Å². The summed E-state index contributed by atoms with van der Waals surface area (Å²) in [6, 6.07) is 0. The Hall–Kier alpha value is -0.0800. The van der Waals surface area contributed by atoms with Crippen molar-refractivity contribution in [1.82, 2.24) is 0 Å². The lowest BCUT2D eigenvalue weighted by atomic mass is 9.94. The molecule has 0 amide bonds. The van der Waals surface area contributed by atoms with E-state index in [1.807, 2.05) is 0 Å². The second-order valence-corrected chi connectivity index (χ2v) is 3.44. The molecule has 2 atom stereocenters. The molecule has 0 aromatic heterocycles. The van der Waals surface area contributed by atoms with Crippen molar-refractivity contribution in [3.05, 3.63) is 0 Å². The summed E-state index contributed by atoms with van der Waals surface area (Å²) in [5.74, 6) is 0.0987. The van der Waals surface area contributed by atoms with E-state index >= 15 is 0 Å². The van der Waals surface area contributed by atoms with Crippen molar-refractivity contribution in [3.63, 3.8) is 0 Å². The van der Waals surface area contributed by atoms with E-state index in [9.17, 15) is 5.11 Å². The zero-order valence-electron chi connectivity index (χ0n) is 8.29. The van der Waals surface area contributed by atoms with E-state index in [4.69, 9.17) is 5.11 Å². The Labute approximate surface area is 75.6 Å². The molecule has 0 aromatic rings. The summed E-state index contributed by atoms with van der Waals surface area (Å²) in [4.78, 5) is 0. The summed E-state index contributed by atoms with van der Waals surface area (Å²) in [6.45, 7) is 4.31. The molecule has 0 unspecified atom stereocenters. The number of hydrogen-bond acceptors (Lipinski definition) is 2. The zero-order chi connectivity index (χ0) is 9.40. The first-order valence-corrected chi connectivity index (χ1v) is 5.05. The maximum Gasteiger partial charge on any atom is 0.0590 e. The maximum absolute atomic E-state index is 9.61. The van der Waals surface area contributed by atoms with Crippen molar-refractivity contribution < 1.29 is 10.2 Å². The molecule has 0 saturated carbocycles.